The average Bonchev–Trinajstić information content (AvgIpc) is 2.24. The zero-order chi connectivity index (χ0) is 9.54. The lowest BCUT2D eigenvalue weighted by atomic mass is 9.99. The standard InChI is InChI=1S/C11H6N2O/c14-9-5-4-7-2-1-3-8-10(7)11(9)13-6-12-8/h1-6H. The Bertz CT molecular complexity index is 567. The Morgan fingerprint density at radius 1 is 1.07 bits per heavy atom. The number of ketones is 1. The Labute approximate surface area is 80.1 Å². The minimum absolute atomic E-state index is 0.0453. The second kappa shape index (κ2) is 2.48. The Balaban J connectivity index is 2.58. The van der Waals surface area contributed by atoms with E-state index in [-0.39, 0.29) is 5.78 Å². The van der Waals surface area contributed by atoms with Crippen molar-refractivity contribution in [3.05, 3.63) is 41.9 Å². The lowest BCUT2D eigenvalue weighted by Crippen LogP contribution is -2.05. The molecule has 1 aliphatic rings. The summed E-state index contributed by atoms with van der Waals surface area (Å²) in [5, 5.41) is 0.863. The second-order valence-electron chi connectivity index (χ2n) is 3.16. The highest BCUT2D eigenvalue weighted by atomic mass is 16.1. The molecule has 0 radical (unpaired) electrons. The monoisotopic (exact) mass is 182 g/mol. The van der Waals surface area contributed by atoms with Gasteiger partial charge in [-0.3, -0.25) is 4.79 Å². The third-order valence-corrected chi connectivity index (χ3v) is 2.34. The molecule has 0 aliphatic heterocycles. The van der Waals surface area contributed by atoms with Gasteiger partial charge in [0.05, 0.1) is 5.52 Å². The van der Waals surface area contributed by atoms with Crippen LogP contribution in [0.5, 0.6) is 0 Å². The fourth-order valence-electron chi connectivity index (χ4n) is 1.71. The van der Waals surface area contributed by atoms with Gasteiger partial charge in [-0.15, -0.1) is 0 Å². The highest BCUT2D eigenvalue weighted by Crippen LogP contribution is 2.24. The molecule has 0 fully saturated rings. The normalized spacial score (nSPS) is 13.6. The van der Waals surface area contributed by atoms with Crippen molar-refractivity contribution in [2.75, 3.05) is 0 Å². The van der Waals surface area contributed by atoms with Gasteiger partial charge in [-0.05, 0) is 17.7 Å². The van der Waals surface area contributed by atoms with E-state index < -0.39 is 0 Å². The number of benzene rings is 1. The van der Waals surface area contributed by atoms with Crippen molar-refractivity contribution < 1.29 is 4.79 Å². The van der Waals surface area contributed by atoms with Crippen LogP contribution in [0.1, 0.15) is 16.1 Å². The van der Waals surface area contributed by atoms with Gasteiger partial charge in [0.2, 0.25) is 5.78 Å². The predicted octanol–water partition coefficient (Wildman–Crippen LogP) is 1.84. The number of aromatic nitrogens is 2. The molecule has 0 amide bonds. The molecular weight excluding hydrogens is 176 g/mol. The fraction of sp³-hybridized carbons (Fsp3) is 0. The molecule has 1 aliphatic carbocycles. The molecule has 1 aromatic heterocycles. The Hall–Kier alpha value is -2.03. The highest BCUT2D eigenvalue weighted by Gasteiger charge is 2.15. The summed E-state index contributed by atoms with van der Waals surface area (Å²) in [7, 11) is 0. The summed E-state index contributed by atoms with van der Waals surface area (Å²) in [6.07, 6.45) is 4.78. The Morgan fingerprint density at radius 2 is 2.00 bits per heavy atom. The van der Waals surface area contributed by atoms with E-state index in [0.29, 0.717) is 5.69 Å². The lowest BCUT2D eigenvalue weighted by Gasteiger charge is -2.08. The van der Waals surface area contributed by atoms with Gasteiger partial charge in [0.25, 0.3) is 0 Å². The summed E-state index contributed by atoms with van der Waals surface area (Å²) in [6, 6.07) is 5.77. The lowest BCUT2D eigenvalue weighted by molar-refractivity contribution is 0.104. The first-order chi connectivity index (χ1) is 6.86. The number of hydrogen-bond acceptors (Lipinski definition) is 3. The van der Waals surface area contributed by atoms with Gasteiger partial charge in [0.1, 0.15) is 12.0 Å². The minimum Gasteiger partial charge on any atom is -0.288 e. The van der Waals surface area contributed by atoms with Crippen molar-refractivity contribution in [2.45, 2.75) is 0 Å². The van der Waals surface area contributed by atoms with Crippen LogP contribution in [0.25, 0.3) is 17.0 Å². The molecule has 0 bridgehead atoms. The largest absolute Gasteiger partial charge is 0.288 e. The van der Waals surface area contributed by atoms with Crippen LogP contribution in [0.3, 0.4) is 0 Å². The van der Waals surface area contributed by atoms with Crippen LogP contribution in [0.2, 0.25) is 0 Å². The maximum absolute atomic E-state index is 11.5. The van der Waals surface area contributed by atoms with Gasteiger partial charge in [-0.1, -0.05) is 18.2 Å². The molecule has 66 valence electrons. The zero-order valence-corrected chi connectivity index (χ0v) is 7.27. The molecule has 2 aromatic rings. The number of hydrogen-bond donors (Lipinski definition) is 0. The minimum atomic E-state index is -0.0453. The molecule has 1 aromatic carbocycles. The fourth-order valence-corrected chi connectivity index (χ4v) is 1.71. The summed E-state index contributed by atoms with van der Waals surface area (Å²) >= 11 is 0. The van der Waals surface area contributed by atoms with Gasteiger partial charge < -0.3 is 0 Å². The predicted molar refractivity (Wildman–Crippen MR) is 52.9 cm³/mol. The van der Waals surface area contributed by atoms with Crippen LogP contribution in [0.15, 0.2) is 30.6 Å². The first kappa shape index (κ1) is 7.38. The topological polar surface area (TPSA) is 42.9 Å². The van der Waals surface area contributed by atoms with Gasteiger partial charge in [0.15, 0.2) is 0 Å². The molecule has 3 nitrogen and oxygen atoms in total. The van der Waals surface area contributed by atoms with Crippen LogP contribution in [0, 0.1) is 0 Å². The van der Waals surface area contributed by atoms with Gasteiger partial charge in [-0.2, -0.15) is 0 Å². The summed E-state index contributed by atoms with van der Waals surface area (Å²) in [6.45, 7) is 0. The number of nitrogens with zero attached hydrogens (tertiary/aromatic N) is 2. The molecule has 0 atom stereocenters. The Kier molecular flexibility index (Phi) is 1.31. The van der Waals surface area contributed by atoms with E-state index in [4.69, 9.17) is 0 Å². The van der Waals surface area contributed by atoms with Crippen molar-refractivity contribution in [3.63, 3.8) is 0 Å². The third-order valence-electron chi connectivity index (χ3n) is 2.34. The first-order valence-corrected chi connectivity index (χ1v) is 4.32. The van der Waals surface area contributed by atoms with E-state index in [1.165, 1.54) is 6.33 Å². The molecule has 0 saturated carbocycles. The SMILES string of the molecule is O=C1C=Cc2cccc3ncnc1c23. The summed E-state index contributed by atoms with van der Waals surface area (Å²) in [4.78, 5) is 19.6. The van der Waals surface area contributed by atoms with Crippen molar-refractivity contribution in [1.29, 1.82) is 0 Å². The summed E-state index contributed by atoms with van der Waals surface area (Å²) in [5.41, 5.74) is 2.34. The number of rotatable bonds is 0. The van der Waals surface area contributed by atoms with Crippen LogP contribution >= 0.6 is 0 Å². The van der Waals surface area contributed by atoms with Crippen molar-refractivity contribution in [2.24, 2.45) is 0 Å². The molecule has 0 saturated heterocycles. The van der Waals surface area contributed by atoms with Gasteiger partial charge in [-0.25, -0.2) is 9.97 Å². The van der Waals surface area contributed by atoms with E-state index in [0.717, 1.165) is 16.5 Å². The number of allylic oxidation sites excluding steroid dienone is 1. The van der Waals surface area contributed by atoms with E-state index in [2.05, 4.69) is 9.97 Å². The van der Waals surface area contributed by atoms with Crippen LogP contribution in [-0.4, -0.2) is 15.8 Å². The molecule has 0 spiro atoms. The zero-order valence-electron chi connectivity index (χ0n) is 7.27. The smallest absolute Gasteiger partial charge is 0.204 e. The molecule has 14 heavy (non-hydrogen) atoms. The molecule has 0 N–H and O–H groups in total. The average molecular weight is 182 g/mol. The van der Waals surface area contributed by atoms with E-state index in [1.807, 2.05) is 18.2 Å². The van der Waals surface area contributed by atoms with E-state index in [1.54, 1.807) is 12.2 Å². The maximum Gasteiger partial charge on any atom is 0.204 e. The third kappa shape index (κ3) is 0.836. The molecule has 3 rings (SSSR count). The van der Waals surface area contributed by atoms with Crippen LogP contribution in [0.4, 0.5) is 0 Å². The summed E-state index contributed by atoms with van der Waals surface area (Å²) < 4.78 is 0. The first-order valence-electron chi connectivity index (χ1n) is 4.32. The highest BCUT2D eigenvalue weighted by molar-refractivity contribution is 6.17. The van der Waals surface area contributed by atoms with E-state index in [9.17, 15) is 4.79 Å². The summed E-state index contributed by atoms with van der Waals surface area (Å²) in [5.74, 6) is -0.0453. The molecular formula is C11H6N2O. The Morgan fingerprint density at radius 3 is 2.93 bits per heavy atom. The van der Waals surface area contributed by atoms with E-state index >= 15 is 0 Å². The molecule has 1 heterocycles. The second-order valence-corrected chi connectivity index (χ2v) is 3.16. The van der Waals surface area contributed by atoms with Crippen molar-refractivity contribution >= 4 is 22.8 Å². The molecule has 0 unspecified atom stereocenters. The van der Waals surface area contributed by atoms with Gasteiger partial charge in [0, 0.05) is 5.39 Å². The maximum atomic E-state index is 11.5. The number of carbonyl (C=O) groups excluding carboxylic acids is 1. The number of carbonyl (C=O) groups is 1. The van der Waals surface area contributed by atoms with Crippen LogP contribution < -0.4 is 0 Å². The molecule has 3 heteroatoms. The van der Waals surface area contributed by atoms with Crippen molar-refractivity contribution in [3.8, 4) is 0 Å². The van der Waals surface area contributed by atoms with Gasteiger partial charge >= 0.3 is 0 Å². The van der Waals surface area contributed by atoms with Crippen LogP contribution in [-0.2, 0) is 0 Å². The quantitative estimate of drug-likeness (QED) is 0.624. The van der Waals surface area contributed by atoms with Crippen molar-refractivity contribution in [1.82, 2.24) is 9.97 Å².